The molecule has 3 nitrogen and oxygen atoms in total. The topological polar surface area (TPSA) is 32.3 Å². The molecule has 19 heavy (non-hydrogen) atoms. The number of carbonyl (C=O) groups excluding carboxylic acids is 1. The second kappa shape index (κ2) is 5.74. The third-order valence-corrected chi connectivity index (χ3v) is 4.12. The van der Waals surface area contributed by atoms with Gasteiger partial charge in [0.15, 0.2) is 0 Å². The fraction of sp³-hybridized carbons (Fsp3) is 0.562. The zero-order valence-electron chi connectivity index (χ0n) is 11.3. The Bertz CT molecular complexity index is 422. The summed E-state index contributed by atoms with van der Waals surface area (Å²) in [5.74, 6) is 0.843. The molecule has 1 saturated carbocycles. The molecule has 0 radical (unpaired) electrons. The quantitative estimate of drug-likeness (QED) is 0.898. The molecule has 1 aliphatic heterocycles. The maximum atomic E-state index is 12.6. The summed E-state index contributed by atoms with van der Waals surface area (Å²) < 4.78 is 0. The lowest BCUT2D eigenvalue weighted by atomic mass is 9.98. The molecule has 0 bridgehead atoms. The summed E-state index contributed by atoms with van der Waals surface area (Å²) >= 11 is 0. The lowest BCUT2D eigenvalue weighted by Gasteiger charge is -2.30. The molecule has 1 atom stereocenters. The normalized spacial score (nSPS) is 23.1. The predicted molar refractivity (Wildman–Crippen MR) is 76.1 cm³/mol. The highest BCUT2D eigenvalue weighted by atomic mass is 16.2. The zero-order chi connectivity index (χ0) is 13.1. The van der Waals surface area contributed by atoms with Crippen molar-refractivity contribution in [3.8, 4) is 0 Å². The standard InChI is InChI=1S/C16H22N2O/c19-16(14-6-2-1-3-7-14)18(15-8-9-15)12-13-5-4-10-17-11-13/h1-3,6-7,13,15,17H,4-5,8-12H2. The number of nitrogens with zero attached hydrogens (tertiary/aromatic N) is 1. The molecule has 1 heterocycles. The van der Waals surface area contributed by atoms with Crippen LogP contribution in [0.15, 0.2) is 30.3 Å². The van der Waals surface area contributed by atoms with Crippen molar-refractivity contribution in [2.24, 2.45) is 5.92 Å². The molecule has 3 rings (SSSR count). The van der Waals surface area contributed by atoms with E-state index in [0.29, 0.717) is 12.0 Å². The van der Waals surface area contributed by atoms with Gasteiger partial charge in [-0.2, -0.15) is 0 Å². The Hall–Kier alpha value is -1.35. The van der Waals surface area contributed by atoms with E-state index < -0.39 is 0 Å². The average molecular weight is 258 g/mol. The van der Waals surface area contributed by atoms with Gasteiger partial charge in [0.1, 0.15) is 0 Å². The molecule has 102 valence electrons. The predicted octanol–water partition coefficient (Wildman–Crippen LogP) is 2.29. The highest BCUT2D eigenvalue weighted by Crippen LogP contribution is 2.30. The molecule has 2 aliphatic rings. The van der Waals surface area contributed by atoms with Crippen LogP contribution >= 0.6 is 0 Å². The van der Waals surface area contributed by atoms with Crippen molar-refractivity contribution in [2.75, 3.05) is 19.6 Å². The monoisotopic (exact) mass is 258 g/mol. The Morgan fingerprint density at radius 3 is 2.63 bits per heavy atom. The SMILES string of the molecule is O=C(c1ccccc1)N(CC1CCCNC1)C1CC1. The first-order valence-electron chi connectivity index (χ1n) is 7.41. The maximum absolute atomic E-state index is 12.6. The first kappa shape index (κ1) is 12.7. The van der Waals surface area contributed by atoms with Crippen molar-refractivity contribution in [2.45, 2.75) is 31.7 Å². The highest BCUT2D eigenvalue weighted by Gasteiger charge is 2.34. The van der Waals surface area contributed by atoms with Gasteiger partial charge < -0.3 is 10.2 Å². The van der Waals surface area contributed by atoms with Gasteiger partial charge >= 0.3 is 0 Å². The van der Waals surface area contributed by atoms with Crippen LogP contribution in [0.1, 0.15) is 36.0 Å². The van der Waals surface area contributed by atoms with Crippen LogP contribution in [-0.4, -0.2) is 36.5 Å². The minimum absolute atomic E-state index is 0.216. The molecule has 2 fully saturated rings. The second-order valence-electron chi connectivity index (χ2n) is 5.77. The summed E-state index contributed by atoms with van der Waals surface area (Å²) in [6.45, 7) is 3.11. The van der Waals surface area contributed by atoms with Gasteiger partial charge in [-0.3, -0.25) is 4.79 Å². The number of rotatable bonds is 4. The van der Waals surface area contributed by atoms with E-state index in [9.17, 15) is 4.79 Å². The van der Waals surface area contributed by atoms with Crippen LogP contribution < -0.4 is 5.32 Å². The molecule has 1 aromatic carbocycles. The Morgan fingerprint density at radius 1 is 1.21 bits per heavy atom. The number of nitrogens with one attached hydrogen (secondary N) is 1. The summed E-state index contributed by atoms with van der Waals surface area (Å²) in [6.07, 6.45) is 4.85. The van der Waals surface area contributed by atoms with E-state index in [0.717, 1.165) is 25.2 Å². The number of hydrogen-bond donors (Lipinski definition) is 1. The molecule has 3 heteroatoms. The van der Waals surface area contributed by atoms with Crippen molar-refractivity contribution in [1.29, 1.82) is 0 Å². The van der Waals surface area contributed by atoms with Crippen molar-refractivity contribution in [1.82, 2.24) is 10.2 Å². The fourth-order valence-electron chi connectivity index (χ4n) is 2.89. The van der Waals surface area contributed by atoms with Gasteiger partial charge in [0, 0.05) is 18.2 Å². The van der Waals surface area contributed by atoms with E-state index in [-0.39, 0.29) is 5.91 Å². The Balaban J connectivity index is 1.68. The van der Waals surface area contributed by atoms with E-state index in [2.05, 4.69) is 10.2 Å². The third kappa shape index (κ3) is 3.16. The molecule has 1 aliphatic carbocycles. The van der Waals surface area contributed by atoms with Gasteiger partial charge in [-0.1, -0.05) is 18.2 Å². The van der Waals surface area contributed by atoms with Gasteiger partial charge in [-0.05, 0) is 56.8 Å². The van der Waals surface area contributed by atoms with Crippen LogP contribution in [0.2, 0.25) is 0 Å². The molecular formula is C16H22N2O. The van der Waals surface area contributed by atoms with E-state index >= 15 is 0 Å². The highest BCUT2D eigenvalue weighted by molar-refractivity contribution is 5.94. The first-order chi connectivity index (χ1) is 9.34. The molecule has 1 unspecified atom stereocenters. The number of amides is 1. The molecule has 1 amide bonds. The van der Waals surface area contributed by atoms with Gasteiger partial charge in [-0.15, -0.1) is 0 Å². The molecule has 1 N–H and O–H groups in total. The van der Waals surface area contributed by atoms with E-state index in [1.54, 1.807) is 0 Å². The second-order valence-corrected chi connectivity index (χ2v) is 5.77. The molecule has 0 aromatic heterocycles. The number of benzene rings is 1. The summed E-state index contributed by atoms with van der Waals surface area (Å²) in [4.78, 5) is 14.7. The smallest absolute Gasteiger partial charge is 0.254 e. The van der Waals surface area contributed by atoms with Crippen LogP contribution in [0.3, 0.4) is 0 Å². The van der Waals surface area contributed by atoms with E-state index in [4.69, 9.17) is 0 Å². The van der Waals surface area contributed by atoms with Gasteiger partial charge in [-0.25, -0.2) is 0 Å². The van der Waals surface area contributed by atoms with Crippen LogP contribution in [0.5, 0.6) is 0 Å². The molecule has 1 saturated heterocycles. The molecule has 0 spiro atoms. The van der Waals surface area contributed by atoms with Crippen molar-refractivity contribution < 1.29 is 4.79 Å². The molecular weight excluding hydrogens is 236 g/mol. The third-order valence-electron chi connectivity index (χ3n) is 4.12. The summed E-state index contributed by atoms with van der Waals surface area (Å²) in [5, 5.41) is 3.44. The summed E-state index contributed by atoms with van der Waals surface area (Å²) in [6, 6.07) is 10.2. The van der Waals surface area contributed by atoms with Crippen LogP contribution in [0.25, 0.3) is 0 Å². The van der Waals surface area contributed by atoms with Crippen molar-refractivity contribution in [3.05, 3.63) is 35.9 Å². The Kier molecular flexibility index (Phi) is 3.83. The number of piperidine rings is 1. The van der Waals surface area contributed by atoms with Crippen molar-refractivity contribution in [3.63, 3.8) is 0 Å². The lowest BCUT2D eigenvalue weighted by molar-refractivity contribution is 0.0704. The lowest BCUT2D eigenvalue weighted by Crippen LogP contribution is -2.42. The van der Waals surface area contributed by atoms with Gasteiger partial charge in [0.25, 0.3) is 5.91 Å². The summed E-state index contributed by atoms with van der Waals surface area (Å²) in [5.41, 5.74) is 0.832. The average Bonchev–Trinajstić information content (AvgIpc) is 3.31. The number of hydrogen-bond acceptors (Lipinski definition) is 2. The van der Waals surface area contributed by atoms with Crippen LogP contribution in [-0.2, 0) is 0 Å². The van der Waals surface area contributed by atoms with Crippen LogP contribution in [0, 0.1) is 5.92 Å². The van der Waals surface area contributed by atoms with E-state index in [1.165, 1.54) is 25.7 Å². The molecule has 1 aromatic rings. The fourth-order valence-corrected chi connectivity index (χ4v) is 2.89. The van der Waals surface area contributed by atoms with Crippen LogP contribution in [0.4, 0.5) is 0 Å². The van der Waals surface area contributed by atoms with Crippen molar-refractivity contribution >= 4 is 5.91 Å². The summed E-state index contributed by atoms with van der Waals surface area (Å²) in [7, 11) is 0. The van der Waals surface area contributed by atoms with E-state index in [1.807, 2.05) is 30.3 Å². The van der Waals surface area contributed by atoms with Gasteiger partial charge in [0.2, 0.25) is 0 Å². The Labute approximate surface area is 115 Å². The Morgan fingerprint density at radius 2 is 2.00 bits per heavy atom. The minimum Gasteiger partial charge on any atom is -0.335 e. The first-order valence-corrected chi connectivity index (χ1v) is 7.41. The zero-order valence-corrected chi connectivity index (χ0v) is 11.3. The maximum Gasteiger partial charge on any atom is 0.254 e. The minimum atomic E-state index is 0.216. The number of carbonyl (C=O) groups is 1. The van der Waals surface area contributed by atoms with Gasteiger partial charge in [0.05, 0.1) is 0 Å². The largest absolute Gasteiger partial charge is 0.335 e.